The molecule has 1 aromatic rings. The van der Waals surface area contributed by atoms with Crippen molar-refractivity contribution in [3.05, 3.63) is 29.8 Å². The van der Waals surface area contributed by atoms with E-state index < -0.39 is 0 Å². The monoisotopic (exact) mass is 449 g/mol. The molecule has 0 aliphatic carbocycles. The molecular formula is C18H32IN3O2. The van der Waals surface area contributed by atoms with Gasteiger partial charge in [0.15, 0.2) is 5.96 Å². The van der Waals surface area contributed by atoms with Crippen LogP contribution in [0, 0.1) is 5.41 Å². The SMILES string of the molecule is CCOc1ccccc1CNC(=NC)NCC(OC)C(C)(C)C.I. The largest absolute Gasteiger partial charge is 0.494 e. The van der Waals surface area contributed by atoms with Gasteiger partial charge in [0.25, 0.3) is 0 Å². The zero-order valence-electron chi connectivity index (χ0n) is 15.7. The Hall–Kier alpha value is -1.02. The van der Waals surface area contributed by atoms with Crippen molar-refractivity contribution in [1.29, 1.82) is 0 Å². The lowest BCUT2D eigenvalue weighted by molar-refractivity contribution is 0.0205. The van der Waals surface area contributed by atoms with E-state index in [-0.39, 0.29) is 35.5 Å². The molecular weight excluding hydrogens is 417 g/mol. The van der Waals surface area contributed by atoms with Crippen molar-refractivity contribution in [3.63, 3.8) is 0 Å². The van der Waals surface area contributed by atoms with E-state index in [9.17, 15) is 0 Å². The molecule has 1 atom stereocenters. The number of aliphatic imine (C=N–C) groups is 1. The minimum absolute atomic E-state index is 0. The second-order valence-corrected chi connectivity index (χ2v) is 6.44. The van der Waals surface area contributed by atoms with E-state index >= 15 is 0 Å². The molecule has 5 nitrogen and oxygen atoms in total. The van der Waals surface area contributed by atoms with Gasteiger partial charge >= 0.3 is 0 Å². The van der Waals surface area contributed by atoms with Crippen LogP contribution in [0.15, 0.2) is 29.3 Å². The maximum absolute atomic E-state index is 5.64. The summed E-state index contributed by atoms with van der Waals surface area (Å²) in [5.74, 6) is 1.66. The first-order valence-corrected chi connectivity index (χ1v) is 8.10. The summed E-state index contributed by atoms with van der Waals surface area (Å²) in [4.78, 5) is 4.27. The summed E-state index contributed by atoms with van der Waals surface area (Å²) in [6.07, 6.45) is 0.108. The molecule has 0 saturated heterocycles. The van der Waals surface area contributed by atoms with Gasteiger partial charge in [-0.3, -0.25) is 4.99 Å². The summed E-state index contributed by atoms with van der Waals surface area (Å²) in [5.41, 5.74) is 1.18. The third kappa shape index (κ3) is 7.70. The van der Waals surface area contributed by atoms with Crippen molar-refractivity contribution >= 4 is 29.9 Å². The predicted molar refractivity (Wildman–Crippen MR) is 111 cm³/mol. The first-order valence-electron chi connectivity index (χ1n) is 8.10. The summed E-state index contributed by atoms with van der Waals surface area (Å²) in [6.45, 7) is 10.5. The Kier molecular flexibility index (Phi) is 11.0. The normalized spacial score (nSPS) is 13.0. The van der Waals surface area contributed by atoms with Gasteiger partial charge in [-0.25, -0.2) is 0 Å². The van der Waals surface area contributed by atoms with Crippen molar-refractivity contribution in [2.75, 3.05) is 27.3 Å². The van der Waals surface area contributed by atoms with E-state index in [0.717, 1.165) is 17.3 Å². The van der Waals surface area contributed by atoms with E-state index in [1.807, 2.05) is 25.1 Å². The number of ether oxygens (including phenoxy) is 2. The van der Waals surface area contributed by atoms with Gasteiger partial charge in [-0.05, 0) is 18.4 Å². The van der Waals surface area contributed by atoms with Crippen molar-refractivity contribution in [2.24, 2.45) is 10.4 Å². The Morgan fingerprint density at radius 1 is 1.21 bits per heavy atom. The summed E-state index contributed by atoms with van der Waals surface area (Å²) >= 11 is 0. The lowest BCUT2D eigenvalue weighted by Gasteiger charge is -2.30. The van der Waals surface area contributed by atoms with E-state index in [0.29, 0.717) is 19.7 Å². The highest BCUT2D eigenvalue weighted by Crippen LogP contribution is 2.21. The van der Waals surface area contributed by atoms with Gasteiger partial charge in [-0.1, -0.05) is 39.0 Å². The van der Waals surface area contributed by atoms with Gasteiger partial charge in [0.2, 0.25) is 0 Å². The quantitative estimate of drug-likeness (QED) is 0.381. The van der Waals surface area contributed by atoms with Crippen LogP contribution in [0.3, 0.4) is 0 Å². The molecule has 0 fully saturated rings. The lowest BCUT2D eigenvalue weighted by atomic mass is 9.89. The van der Waals surface area contributed by atoms with Crippen LogP contribution in [-0.4, -0.2) is 39.4 Å². The standard InChI is InChI=1S/C18H31N3O2.HI/c1-7-23-15-11-9-8-10-14(15)12-20-17(19-5)21-13-16(22-6)18(2,3)4;/h8-11,16H,7,12-13H2,1-6H3,(H2,19,20,21);1H. The number of nitrogens with one attached hydrogen (secondary N) is 2. The van der Waals surface area contributed by atoms with Crippen molar-refractivity contribution in [2.45, 2.75) is 40.3 Å². The van der Waals surface area contributed by atoms with E-state index in [1.54, 1.807) is 14.2 Å². The number of benzene rings is 1. The molecule has 0 amide bonds. The second-order valence-electron chi connectivity index (χ2n) is 6.44. The first-order chi connectivity index (χ1) is 10.9. The molecule has 0 radical (unpaired) electrons. The number of hydrogen-bond acceptors (Lipinski definition) is 3. The van der Waals surface area contributed by atoms with Gasteiger partial charge in [0.1, 0.15) is 5.75 Å². The molecule has 0 aliphatic heterocycles. The number of halogens is 1. The molecule has 1 unspecified atom stereocenters. The summed E-state index contributed by atoms with van der Waals surface area (Å²) in [7, 11) is 3.51. The molecule has 0 bridgehead atoms. The molecule has 2 N–H and O–H groups in total. The van der Waals surface area contributed by atoms with E-state index in [1.165, 1.54) is 0 Å². The number of para-hydroxylation sites is 1. The zero-order valence-corrected chi connectivity index (χ0v) is 18.0. The van der Waals surface area contributed by atoms with Crippen LogP contribution in [0.25, 0.3) is 0 Å². The number of rotatable bonds is 7. The van der Waals surface area contributed by atoms with Crippen molar-refractivity contribution < 1.29 is 9.47 Å². The first kappa shape index (κ1) is 23.0. The molecule has 1 aromatic carbocycles. The molecule has 24 heavy (non-hydrogen) atoms. The molecule has 0 saturated carbocycles. The van der Waals surface area contributed by atoms with Crippen LogP contribution >= 0.6 is 24.0 Å². The predicted octanol–water partition coefficient (Wildman–Crippen LogP) is 3.43. The molecule has 6 heteroatoms. The van der Waals surface area contributed by atoms with Gasteiger partial charge in [-0.15, -0.1) is 24.0 Å². The molecule has 0 heterocycles. The molecule has 0 aliphatic rings. The van der Waals surface area contributed by atoms with Crippen LogP contribution in [0.4, 0.5) is 0 Å². The van der Waals surface area contributed by atoms with Crippen LogP contribution in [0.1, 0.15) is 33.3 Å². The topological polar surface area (TPSA) is 54.9 Å². The Labute approximate surface area is 163 Å². The smallest absolute Gasteiger partial charge is 0.191 e. The molecule has 0 aromatic heterocycles. The molecule has 1 rings (SSSR count). The minimum Gasteiger partial charge on any atom is -0.494 e. The molecule has 0 spiro atoms. The van der Waals surface area contributed by atoms with Crippen LogP contribution in [-0.2, 0) is 11.3 Å². The maximum atomic E-state index is 5.64. The highest BCUT2D eigenvalue weighted by molar-refractivity contribution is 14.0. The Bertz CT molecular complexity index is 501. The number of guanidine groups is 1. The fraction of sp³-hybridized carbons (Fsp3) is 0.611. The van der Waals surface area contributed by atoms with E-state index in [4.69, 9.17) is 9.47 Å². The highest BCUT2D eigenvalue weighted by Gasteiger charge is 2.24. The summed E-state index contributed by atoms with van der Waals surface area (Å²) in [5, 5.41) is 6.64. The fourth-order valence-corrected chi connectivity index (χ4v) is 2.28. The Morgan fingerprint density at radius 3 is 2.42 bits per heavy atom. The van der Waals surface area contributed by atoms with Crippen molar-refractivity contribution in [1.82, 2.24) is 10.6 Å². The fourth-order valence-electron chi connectivity index (χ4n) is 2.28. The van der Waals surface area contributed by atoms with E-state index in [2.05, 4.69) is 42.5 Å². The van der Waals surface area contributed by atoms with Gasteiger partial charge in [0.05, 0.1) is 12.7 Å². The Balaban J connectivity index is 0.00000529. The van der Waals surface area contributed by atoms with Crippen LogP contribution in [0.5, 0.6) is 5.75 Å². The molecule has 138 valence electrons. The van der Waals surface area contributed by atoms with Gasteiger partial charge < -0.3 is 20.1 Å². The summed E-state index contributed by atoms with van der Waals surface area (Å²) < 4.78 is 11.2. The average molecular weight is 449 g/mol. The van der Waals surface area contributed by atoms with Crippen LogP contribution in [0.2, 0.25) is 0 Å². The number of nitrogens with zero attached hydrogens (tertiary/aromatic N) is 1. The zero-order chi connectivity index (χ0) is 17.3. The Morgan fingerprint density at radius 2 is 1.88 bits per heavy atom. The number of hydrogen-bond donors (Lipinski definition) is 2. The third-order valence-electron chi connectivity index (χ3n) is 3.65. The van der Waals surface area contributed by atoms with Gasteiger partial charge in [0, 0.05) is 32.8 Å². The van der Waals surface area contributed by atoms with Crippen LogP contribution < -0.4 is 15.4 Å². The maximum Gasteiger partial charge on any atom is 0.191 e. The minimum atomic E-state index is 0. The highest BCUT2D eigenvalue weighted by atomic mass is 127. The third-order valence-corrected chi connectivity index (χ3v) is 3.65. The average Bonchev–Trinajstić information content (AvgIpc) is 2.51. The van der Waals surface area contributed by atoms with Crippen molar-refractivity contribution in [3.8, 4) is 5.75 Å². The van der Waals surface area contributed by atoms with Gasteiger partial charge in [-0.2, -0.15) is 0 Å². The summed E-state index contributed by atoms with van der Waals surface area (Å²) in [6, 6.07) is 8.03. The number of methoxy groups -OCH3 is 1. The second kappa shape index (κ2) is 11.5. The lowest BCUT2D eigenvalue weighted by Crippen LogP contribution is -2.45.